The van der Waals surface area contributed by atoms with Crippen molar-refractivity contribution in [1.82, 2.24) is 19.8 Å². The lowest BCUT2D eigenvalue weighted by Gasteiger charge is -1.94. The maximum absolute atomic E-state index is 11.0. The summed E-state index contributed by atoms with van der Waals surface area (Å²) in [5.41, 5.74) is 0.971. The molecule has 0 saturated heterocycles. The van der Waals surface area contributed by atoms with E-state index in [0.29, 0.717) is 10.3 Å². The van der Waals surface area contributed by atoms with Crippen LogP contribution in [0, 0.1) is 11.6 Å². The lowest BCUT2D eigenvalue weighted by Crippen LogP contribution is -2.09. The van der Waals surface area contributed by atoms with E-state index in [2.05, 4.69) is 15.3 Å². The number of aromatic amines is 2. The summed E-state index contributed by atoms with van der Waals surface area (Å²) in [5, 5.41) is 5.47. The number of hydrogen-bond donors (Lipinski definition) is 2. The zero-order chi connectivity index (χ0) is 8.72. The van der Waals surface area contributed by atoms with E-state index < -0.39 is 0 Å². The summed E-state index contributed by atoms with van der Waals surface area (Å²) in [5.74, 6) is 0. The van der Waals surface area contributed by atoms with Crippen LogP contribution in [0.3, 0.4) is 0 Å². The molecule has 0 saturated carbocycles. The molecule has 0 radical (unpaired) electrons. The summed E-state index contributed by atoms with van der Waals surface area (Å²) < 4.78 is 2.07. The fourth-order valence-electron chi connectivity index (χ4n) is 1.05. The second kappa shape index (κ2) is 2.28. The van der Waals surface area contributed by atoms with Crippen LogP contribution in [0.2, 0.25) is 0 Å². The van der Waals surface area contributed by atoms with E-state index in [0.717, 1.165) is 5.69 Å². The minimum absolute atomic E-state index is 0.272. The molecule has 0 atom stereocenters. The number of H-pyrrole nitrogens is 2. The molecule has 6 heteroatoms. The van der Waals surface area contributed by atoms with Crippen molar-refractivity contribution in [2.75, 3.05) is 0 Å². The van der Waals surface area contributed by atoms with Crippen molar-refractivity contribution in [1.29, 1.82) is 0 Å². The normalized spacial score (nSPS) is 10.8. The van der Waals surface area contributed by atoms with Crippen LogP contribution in [0.1, 0.15) is 5.69 Å². The molecule has 0 aliphatic rings. The number of aromatic nitrogens is 4. The molecule has 12 heavy (non-hydrogen) atoms. The van der Waals surface area contributed by atoms with Crippen LogP contribution in [-0.2, 0) is 0 Å². The zero-order valence-corrected chi connectivity index (χ0v) is 7.10. The molecule has 0 bridgehead atoms. The molecule has 0 aliphatic heterocycles. The Bertz CT molecular complexity index is 534. The molecule has 2 aromatic rings. The van der Waals surface area contributed by atoms with Gasteiger partial charge in [-0.05, 0) is 6.92 Å². The Balaban J connectivity index is 3.13. The van der Waals surface area contributed by atoms with Crippen molar-refractivity contribution in [2.24, 2.45) is 0 Å². The lowest BCUT2D eigenvalue weighted by atomic mass is 10.4. The van der Waals surface area contributed by atoms with Crippen molar-refractivity contribution >= 4 is 17.9 Å². The van der Waals surface area contributed by atoms with E-state index >= 15 is 0 Å². The topological polar surface area (TPSA) is 66.0 Å². The highest BCUT2D eigenvalue weighted by molar-refractivity contribution is 7.71. The SMILES string of the molecule is Cc1cc(=O)nc2c(=S)[nH][nH]n12. The molecule has 0 unspecified atom stereocenters. The summed E-state index contributed by atoms with van der Waals surface area (Å²) in [6.07, 6.45) is 0. The van der Waals surface area contributed by atoms with Crippen LogP contribution in [-0.4, -0.2) is 19.8 Å². The first-order chi connectivity index (χ1) is 5.68. The molecule has 0 fully saturated rings. The minimum atomic E-state index is -0.272. The van der Waals surface area contributed by atoms with Gasteiger partial charge in [-0.3, -0.25) is 9.89 Å². The summed E-state index contributed by atoms with van der Waals surface area (Å²) in [4.78, 5) is 14.7. The zero-order valence-electron chi connectivity index (χ0n) is 6.29. The van der Waals surface area contributed by atoms with E-state index in [9.17, 15) is 4.79 Å². The Kier molecular flexibility index (Phi) is 1.37. The molecule has 0 amide bonds. The van der Waals surface area contributed by atoms with Gasteiger partial charge in [0.15, 0.2) is 10.3 Å². The van der Waals surface area contributed by atoms with Crippen molar-refractivity contribution in [2.45, 2.75) is 6.92 Å². The van der Waals surface area contributed by atoms with Gasteiger partial charge in [0.25, 0.3) is 5.56 Å². The van der Waals surface area contributed by atoms with Gasteiger partial charge in [-0.2, -0.15) is 4.98 Å². The summed E-state index contributed by atoms with van der Waals surface area (Å²) in [6.45, 7) is 1.80. The lowest BCUT2D eigenvalue weighted by molar-refractivity contribution is 0.814. The molecule has 5 nitrogen and oxygen atoms in total. The van der Waals surface area contributed by atoms with Crippen molar-refractivity contribution in [3.8, 4) is 0 Å². The Labute approximate surface area is 72.0 Å². The average Bonchev–Trinajstić information content (AvgIpc) is 2.33. The minimum Gasteiger partial charge on any atom is -0.273 e. The molecule has 62 valence electrons. The Morgan fingerprint density at radius 1 is 1.67 bits per heavy atom. The van der Waals surface area contributed by atoms with Crippen molar-refractivity contribution in [3.63, 3.8) is 0 Å². The number of nitrogens with one attached hydrogen (secondary N) is 2. The van der Waals surface area contributed by atoms with Gasteiger partial charge >= 0.3 is 0 Å². The highest BCUT2D eigenvalue weighted by atomic mass is 32.1. The van der Waals surface area contributed by atoms with Gasteiger partial charge in [0.1, 0.15) is 0 Å². The Hall–Kier alpha value is -1.43. The smallest absolute Gasteiger partial charge is 0.273 e. The van der Waals surface area contributed by atoms with Gasteiger partial charge in [0.2, 0.25) is 0 Å². The van der Waals surface area contributed by atoms with E-state index in [4.69, 9.17) is 12.2 Å². The van der Waals surface area contributed by atoms with Crippen LogP contribution in [0.15, 0.2) is 10.9 Å². The van der Waals surface area contributed by atoms with Gasteiger partial charge in [-0.15, -0.1) is 0 Å². The molecule has 2 aromatic heterocycles. The maximum atomic E-state index is 11.0. The quantitative estimate of drug-likeness (QED) is 0.579. The van der Waals surface area contributed by atoms with Gasteiger partial charge in [-0.25, -0.2) is 9.73 Å². The van der Waals surface area contributed by atoms with Crippen molar-refractivity contribution < 1.29 is 0 Å². The van der Waals surface area contributed by atoms with Gasteiger partial charge in [0, 0.05) is 11.8 Å². The fraction of sp³-hybridized carbons (Fsp3) is 0.167. The predicted molar refractivity (Wildman–Crippen MR) is 45.7 cm³/mol. The highest BCUT2D eigenvalue weighted by Crippen LogP contribution is 1.98. The van der Waals surface area contributed by atoms with E-state index in [1.54, 1.807) is 11.4 Å². The molecule has 0 aromatic carbocycles. The first-order valence-corrected chi connectivity index (χ1v) is 3.76. The van der Waals surface area contributed by atoms with E-state index in [1.807, 2.05) is 0 Å². The number of rotatable bonds is 0. The van der Waals surface area contributed by atoms with E-state index in [1.165, 1.54) is 6.07 Å². The number of hydrogen-bond acceptors (Lipinski definition) is 3. The summed E-state index contributed by atoms with van der Waals surface area (Å²) >= 11 is 4.90. The number of fused-ring (bicyclic) bond motifs is 1. The fourth-order valence-corrected chi connectivity index (χ4v) is 1.24. The second-order valence-electron chi connectivity index (χ2n) is 2.46. The number of aryl methyl sites for hydroxylation is 1. The van der Waals surface area contributed by atoms with Crippen LogP contribution < -0.4 is 5.56 Å². The molecular formula is C6H6N4OS. The third-order valence-electron chi connectivity index (χ3n) is 1.60. The summed E-state index contributed by atoms with van der Waals surface area (Å²) in [6, 6.07) is 1.44. The van der Waals surface area contributed by atoms with Crippen LogP contribution in [0.5, 0.6) is 0 Å². The van der Waals surface area contributed by atoms with Crippen LogP contribution in [0.4, 0.5) is 0 Å². The van der Waals surface area contributed by atoms with Gasteiger partial charge in [-0.1, -0.05) is 12.2 Å². The maximum Gasteiger partial charge on any atom is 0.273 e. The third kappa shape index (κ3) is 0.884. The standard InChI is InChI=1S/C6H6N4OS/c1-3-2-4(11)7-5-6(12)8-9-10(3)5/h2,9H,1H3,(H,8,12). The first kappa shape index (κ1) is 7.23. The number of nitrogens with zero attached hydrogens (tertiary/aromatic N) is 2. The molecular weight excluding hydrogens is 176 g/mol. The molecule has 0 spiro atoms. The third-order valence-corrected chi connectivity index (χ3v) is 1.88. The Morgan fingerprint density at radius 2 is 2.42 bits per heavy atom. The van der Waals surface area contributed by atoms with Crippen molar-refractivity contribution in [3.05, 3.63) is 26.8 Å². The average molecular weight is 182 g/mol. The van der Waals surface area contributed by atoms with E-state index in [-0.39, 0.29) is 5.56 Å². The summed E-state index contributed by atoms with van der Waals surface area (Å²) in [7, 11) is 0. The van der Waals surface area contributed by atoms with Crippen LogP contribution in [0.25, 0.3) is 5.65 Å². The molecule has 2 rings (SSSR count). The Morgan fingerprint density at radius 3 is 3.17 bits per heavy atom. The second-order valence-corrected chi connectivity index (χ2v) is 2.87. The highest BCUT2D eigenvalue weighted by Gasteiger charge is 2.00. The monoisotopic (exact) mass is 182 g/mol. The first-order valence-electron chi connectivity index (χ1n) is 3.35. The molecule has 2 N–H and O–H groups in total. The van der Waals surface area contributed by atoms with Gasteiger partial charge < -0.3 is 0 Å². The van der Waals surface area contributed by atoms with Gasteiger partial charge in [0.05, 0.1) is 0 Å². The molecule has 2 heterocycles. The molecule has 0 aliphatic carbocycles. The largest absolute Gasteiger partial charge is 0.273 e. The van der Waals surface area contributed by atoms with Crippen LogP contribution >= 0.6 is 12.2 Å². The predicted octanol–water partition coefficient (Wildman–Crippen LogP) is 0.389.